The number of ether oxygens (including phenoxy) is 1. The quantitative estimate of drug-likeness (QED) is 0.854. The van der Waals surface area contributed by atoms with E-state index in [9.17, 15) is 4.79 Å². The van der Waals surface area contributed by atoms with Gasteiger partial charge >= 0.3 is 0 Å². The number of aromatic nitrogens is 2. The summed E-state index contributed by atoms with van der Waals surface area (Å²) in [6.07, 6.45) is 4.42. The monoisotopic (exact) mass is 289 g/mol. The van der Waals surface area contributed by atoms with E-state index in [0.29, 0.717) is 18.0 Å². The molecule has 1 aliphatic heterocycles. The fourth-order valence-electron chi connectivity index (χ4n) is 2.24. The molecule has 1 aromatic carbocycles. The molecule has 0 saturated carbocycles. The van der Waals surface area contributed by atoms with E-state index in [1.54, 1.807) is 6.20 Å². The van der Waals surface area contributed by atoms with Gasteiger partial charge in [0, 0.05) is 30.4 Å². The number of H-pyrrole nitrogens is 1. The molecule has 1 fully saturated rings. The van der Waals surface area contributed by atoms with Crippen LogP contribution in [0.3, 0.4) is 0 Å². The number of imidazole rings is 1. The largest absolute Gasteiger partial charge is 0.381 e. The van der Waals surface area contributed by atoms with Crippen LogP contribution in [0.15, 0.2) is 36.7 Å². The standard InChI is InChI=1S/C14H15N3O2S/c18-13(10-4-7-19-9-10)16-11-2-1-3-12(8-11)17-6-5-15-14(17)20/h1-3,5-6,8,10H,4,7,9H2,(H,15,20)(H,16,18). The van der Waals surface area contributed by atoms with Gasteiger partial charge < -0.3 is 15.0 Å². The summed E-state index contributed by atoms with van der Waals surface area (Å²) < 4.78 is 7.71. The van der Waals surface area contributed by atoms with Gasteiger partial charge in [0.1, 0.15) is 0 Å². The molecule has 1 amide bonds. The van der Waals surface area contributed by atoms with Crippen molar-refractivity contribution in [3.05, 3.63) is 41.4 Å². The van der Waals surface area contributed by atoms with Crippen molar-refractivity contribution in [2.45, 2.75) is 6.42 Å². The molecule has 1 aromatic heterocycles. The van der Waals surface area contributed by atoms with Crippen molar-refractivity contribution in [3.8, 4) is 5.69 Å². The highest BCUT2D eigenvalue weighted by Gasteiger charge is 2.23. The Labute approximate surface area is 121 Å². The number of anilines is 1. The molecule has 0 aliphatic carbocycles. The summed E-state index contributed by atoms with van der Waals surface area (Å²) in [6.45, 7) is 1.17. The molecule has 2 heterocycles. The number of carbonyl (C=O) groups is 1. The van der Waals surface area contributed by atoms with Crippen LogP contribution in [0.4, 0.5) is 5.69 Å². The van der Waals surface area contributed by atoms with Crippen LogP contribution < -0.4 is 5.32 Å². The van der Waals surface area contributed by atoms with Crippen LogP contribution in [0, 0.1) is 10.7 Å². The minimum absolute atomic E-state index is 0.0114. The van der Waals surface area contributed by atoms with Gasteiger partial charge in [-0.3, -0.25) is 9.36 Å². The molecule has 6 heteroatoms. The lowest BCUT2D eigenvalue weighted by Gasteiger charge is -2.11. The summed E-state index contributed by atoms with van der Waals surface area (Å²) >= 11 is 5.19. The first-order valence-electron chi connectivity index (χ1n) is 6.49. The number of aromatic amines is 1. The molecule has 0 bridgehead atoms. The zero-order valence-electron chi connectivity index (χ0n) is 10.8. The molecular weight excluding hydrogens is 274 g/mol. The van der Waals surface area contributed by atoms with E-state index in [0.717, 1.165) is 17.8 Å². The fourth-order valence-corrected chi connectivity index (χ4v) is 2.48. The second kappa shape index (κ2) is 5.60. The van der Waals surface area contributed by atoms with Crippen molar-refractivity contribution >= 4 is 23.8 Å². The van der Waals surface area contributed by atoms with Crippen LogP contribution in [-0.2, 0) is 9.53 Å². The summed E-state index contributed by atoms with van der Waals surface area (Å²) in [6, 6.07) is 7.60. The van der Waals surface area contributed by atoms with Gasteiger partial charge in [0.25, 0.3) is 0 Å². The molecular formula is C14H15N3O2S. The highest BCUT2D eigenvalue weighted by Crippen LogP contribution is 2.18. The van der Waals surface area contributed by atoms with Crippen molar-refractivity contribution in [3.63, 3.8) is 0 Å². The summed E-state index contributed by atoms with van der Waals surface area (Å²) in [5.41, 5.74) is 1.68. The Bertz CT molecular complexity index is 671. The average molecular weight is 289 g/mol. The molecule has 2 N–H and O–H groups in total. The molecule has 104 valence electrons. The maximum Gasteiger partial charge on any atom is 0.229 e. The number of carbonyl (C=O) groups excluding carboxylic acids is 1. The predicted octanol–water partition coefficient (Wildman–Crippen LogP) is 2.51. The van der Waals surface area contributed by atoms with E-state index in [4.69, 9.17) is 17.0 Å². The Morgan fingerprint density at radius 3 is 3.10 bits per heavy atom. The van der Waals surface area contributed by atoms with Gasteiger partial charge in [-0.15, -0.1) is 0 Å². The Balaban J connectivity index is 1.79. The normalized spacial score (nSPS) is 18.1. The van der Waals surface area contributed by atoms with E-state index in [1.165, 1.54) is 0 Å². The first kappa shape index (κ1) is 13.1. The van der Waals surface area contributed by atoms with Crippen LogP contribution in [0.2, 0.25) is 0 Å². The van der Waals surface area contributed by atoms with Crippen LogP contribution in [0.1, 0.15) is 6.42 Å². The van der Waals surface area contributed by atoms with Crippen LogP contribution in [0.25, 0.3) is 5.69 Å². The van der Waals surface area contributed by atoms with Crippen LogP contribution >= 0.6 is 12.2 Å². The second-order valence-corrected chi connectivity index (χ2v) is 5.12. The molecule has 1 unspecified atom stereocenters. The number of rotatable bonds is 3. The Hall–Kier alpha value is -1.92. The van der Waals surface area contributed by atoms with Gasteiger partial charge in [0.05, 0.1) is 12.5 Å². The zero-order chi connectivity index (χ0) is 13.9. The highest BCUT2D eigenvalue weighted by atomic mass is 32.1. The lowest BCUT2D eigenvalue weighted by molar-refractivity contribution is -0.119. The Kier molecular flexibility index (Phi) is 3.66. The summed E-state index contributed by atoms with van der Waals surface area (Å²) in [5, 5.41) is 2.93. The SMILES string of the molecule is O=C(Nc1cccc(-n2cc[nH]c2=S)c1)C1CCOC1. The molecule has 5 nitrogen and oxygen atoms in total. The molecule has 20 heavy (non-hydrogen) atoms. The van der Waals surface area contributed by atoms with Crippen molar-refractivity contribution in [1.82, 2.24) is 9.55 Å². The van der Waals surface area contributed by atoms with Crippen molar-refractivity contribution in [2.24, 2.45) is 5.92 Å². The number of benzene rings is 1. The van der Waals surface area contributed by atoms with Crippen molar-refractivity contribution in [2.75, 3.05) is 18.5 Å². The Morgan fingerprint density at radius 1 is 1.50 bits per heavy atom. The minimum atomic E-state index is -0.0481. The third kappa shape index (κ3) is 2.66. The third-order valence-corrected chi connectivity index (χ3v) is 3.66. The fraction of sp³-hybridized carbons (Fsp3) is 0.286. The Morgan fingerprint density at radius 2 is 2.40 bits per heavy atom. The van der Waals surface area contributed by atoms with E-state index >= 15 is 0 Å². The van der Waals surface area contributed by atoms with E-state index < -0.39 is 0 Å². The van der Waals surface area contributed by atoms with E-state index in [1.807, 2.05) is 35.0 Å². The molecule has 0 spiro atoms. The molecule has 1 aliphatic rings. The molecule has 2 aromatic rings. The second-order valence-electron chi connectivity index (χ2n) is 4.74. The van der Waals surface area contributed by atoms with Gasteiger partial charge in [-0.05, 0) is 36.8 Å². The maximum atomic E-state index is 12.1. The number of amides is 1. The first-order valence-corrected chi connectivity index (χ1v) is 6.90. The van der Waals surface area contributed by atoms with Crippen molar-refractivity contribution in [1.29, 1.82) is 0 Å². The van der Waals surface area contributed by atoms with E-state index in [-0.39, 0.29) is 11.8 Å². The average Bonchev–Trinajstić information content (AvgIpc) is 3.10. The summed E-state index contributed by atoms with van der Waals surface area (Å²) in [5.74, 6) is -0.0367. The molecule has 1 saturated heterocycles. The zero-order valence-corrected chi connectivity index (χ0v) is 11.7. The van der Waals surface area contributed by atoms with Gasteiger partial charge in [0.2, 0.25) is 5.91 Å². The van der Waals surface area contributed by atoms with Gasteiger partial charge in [0.15, 0.2) is 4.77 Å². The smallest absolute Gasteiger partial charge is 0.229 e. The predicted molar refractivity (Wildman–Crippen MR) is 78.5 cm³/mol. The van der Waals surface area contributed by atoms with Gasteiger partial charge in [-0.25, -0.2) is 0 Å². The number of hydrogen-bond acceptors (Lipinski definition) is 3. The minimum Gasteiger partial charge on any atom is -0.381 e. The number of hydrogen-bond donors (Lipinski definition) is 2. The maximum absolute atomic E-state index is 12.1. The van der Waals surface area contributed by atoms with Crippen molar-refractivity contribution < 1.29 is 9.53 Å². The molecule has 0 radical (unpaired) electrons. The number of nitrogens with zero attached hydrogens (tertiary/aromatic N) is 1. The lowest BCUT2D eigenvalue weighted by atomic mass is 10.1. The summed E-state index contributed by atoms with van der Waals surface area (Å²) in [7, 11) is 0. The van der Waals surface area contributed by atoms with Crippen LogP contribution in [0.5, 0.6) is 0 Å². The first-order chi connectivity index (χ1) is 9.74. The lowest BCUT2D eigenvalue weighted by Crippen LogP contribution is -2.22. The molecule has 3 rings (SSSR count). The van der Waals surface area contributed by atoms with Gasteiger partial charge in [-0.2, -0.15) is 0 Å². The topological polar surface area (TPSA) is 59.0 Å². The molecule has 1 atom stereocenters. The summed E-state index contributed by atoms with van der Waals surface area (Å²) in [4.78, 5) is 15.0. The third-order valence-electron chi connectivity index (χ3n) is 3.34. The highest BCUT2D eigenvalue weighted by molar-refractivity contribution is 7.71. The van der Waals surface area contributed by atoms with E-state index in [2.05, 4.69) is 10.3 Å². The number of nitrogens with one attached hydrogen (secondary N) is 2. The van der Waals surface area contributed by atoms with Gasteiger partial charge in [-0.1, -0.05) is 6.07 Å². The van der Waals surface area contributed by atoms with Crippen LogP contribution in [-0.4, -0.2) is 28.7 Å².